The number of nitrogens with zero attached hydrogens (tertiary/aromatic N) is 3. The fourth-order valence-corrected chi connectivity index (χ4v) is 3.84. The van der Waals surface area contributed by atoms with E-state index in [2.05, 4.69) is 25.6 Å². The largest absolute Gasteiger partial charge is 0.486 e. The van der Waals surface area contributed by atoms with Crippen LogP contribution in [0.4, 0.5) is 10.3 Å². The monoisotopic (exact) mass is 385 g/mol. The first-order chi connectivity index (χ1) is 13.0. The molecule has 0 spiro atoms. The van der Waals surface area contributed by atoms with Crippen molar-refractivity contribution in [1.82, 2.24) is 20.3 Å². The topological polar surface area (TPSA) is 100 Å². The van der Waals surface area contributed by atoms with Crippen LogP contribution < -0.4 is 10.6 Å². The van der Waals surface area contributed by atoms with Crippen molar-refractivity contribution in [3.8, 4) is 16.5 Å². The number of anilines is 1. The molecule has 138 valence electrons. The Morgan fingerprint density at radius 2 is 2.15 bits per heavy atom. The highest BCUT2D eigenvalue weighted by molar-refractivity contribution is 7.11. The lowest BCUT2D eigenvalue weighted by Crippen LogP contribution is -2.37. The highest BCUT2D eigenvalue weighted by atomic mass is 32.1. The Balaban J connectivity index is 1.80. The number of amides is 1. The first-order valence-electron chi connectivity index (χ1n) is 8.26. The van der Waals surface area contributed by atoms with Crippen molar-refractivity contribution in [3.05, 3.63) is 51.9 Å². The zero-order valence-corrected chi connectivity index (χ0v) is 15.4. The normalized spacial score (nSPS) is 16.0. The molecule has 1 aliphatic heterocycles. The molecule has 1 aromatic carbocycles. The van der Waals surface area contributed by atoms with Crippen molar-refractivity contribution < 1.29 is 14.3 Å². The number of thiazole rings is 1. The summed E-state index contributed by atoms with van der Waals surface area (Å²) < 4.78 is 13.9. The van der Waals surface area contributed by atoms with E-state index in [9.17, 15) is 14.3 Å². The predicted octanol–water partition coefficient (Wildman–Crippen LogP) is 2.82. The van der Waals surface area contributed by atoms with Gasteiger partial charge in [-0.05, 0) is 24.6 Å². The van der Waals surface area contributed by atoms with E-state index in [4.69, 9.17) is 0 Å². The lowest BCUT2D eigenvalue weighted by Gasteiger charge is -2.27. The van der Waals surface area contributed by atoms with Crippen molar-refractivity contribution in [2.75, 3.05) is 12.4 Å². The van der Waals surface area contributed by atoms with Crippen LogP contribution in [0.2, 0.25) is 0 Å². The zero-order chi connectivity index (χ0) is 19.1. The first kappa shape index (κ1) is 17.3. The molecule has 27 heavy (non-hydrogen) atoms. The molecule has 7 nitrogen and oxygen atoms in total. The molecule has 0 saturated heterocycles. The molecule has 0 bridgehead atoms. The Labute approximate surface area is 158 Å². The molecule has 2 aromatic heterocycles. The van der Waals surface area contributed by atoms with Crippen LogP contribution in [0, 0.1) is 12.7 Å². The summed E-state index contributed by atoms with van der Waals surface area (Å²) in [5.74, 6) is -0.235. The summed E-state index contributed by atoms with van der Waals surface area (Å²) >= 11 is 1.06. The minimum atomic E-state index is -0.417. The molecule has 9 heteroatoms. The average molecular weight is 385 g/mol. The maximum Gasteiger partial charge on any atom is 0.271 e. The number of benzene rings is 1. The van der Waals surface area contributed by atoms with Crippen molar-refractivity contribution in [2.24, 2.45) is 0 Å². The molecular formula is C18H16FN5O2S. The number of aromatic hydroxyl groups is 1. The second-order valence-electron chi connectivity index (χ2n) is 6.18. The third-order valence-corrected chi connectivity index (χ3v) is 5.12. The number of carbonyl (C=O) groups is 1. The van der Waals surface area contributed by atoms with E-state index in [-0.39, 0.29) is 11.1 Å². The number of nitrogens with one attached hydrogen (secondary N) is 2. The van der Waals surface area contributed by atoms with E-state index < -0.39 is 11.9 Å². The first-order valence-corrected chi connectivity index (χ1v) is 9.14. The van der Waals surface area contributed by atoms with Gasteiger partial charge in [0.1, 0.15) is 5.82 Å². The predicted molar refractivity (Wildman–Crippen MR) is 99.4 cm³/mol. The molecular weight excluding hydrogens is 369 g/mol. The maximum absolute atomic E-state index is 13.9. The van der Waals surface area contributed by atoms with E-state index >= 15 is 0 Å². The van der Waals surface area contributed by atoms with Crippen LogP contribution in [-0.4, -0.2) is 33.0 Å². The summed E-state index contributed by atoms with van der Waals surface area (Å²) in [5.41, 5.74) is 3.41. The van der Waals surface area contributed by atoms with Crippen LogP contribution in [0.15, 0.2) is 23.6 Å². The number of aryl methyl sites for hydroxylation is 1. The van der Waals surface area contributed by atoms with Crippen LogP contribution >= 0.6 is 11.3 Å². The number of aromatic nitrogens is 3. The van der Waals surface area contributed by atoms with Gasteiger partial charge in [-0.3, -0.25) is 4.79 Å². The van der Waals surface area contributed by atoms with Crippen LogP contribution in [0.5, 0.6) is 5.19 Å². The third-order valence-electron chi connectivity index (χ3n) is 4.48. The van der Waals surface area contributed by atoms with E-state index in [1.165, 1.54) is 12.1 Å². The van der Waals surface area contributed by atoms with Gasteiger partial charge in [-0.15, -0.1) is 0 Å². The van der Waals surface area contributed by atoms with E-state index in [1.54, 1.807) is 25.4 Å². The fraction of sp³-hybridized carbons (Fsp3) is 0.222. The Morgan fingerprint density at radius 3 is 2.85 bits per heavy atom. The molecule has 1 atom stereocenters. The highest BCUT2D eigenvalue weighted by Gasteiger charge is 2.31. The van der Waals surface area contributed by atoms with Gasteiger partial charge in [0, 0.05) is 24.4 Å². The molecule has 3 heterocycles. The molecule has 4 rings (SSSR count). The lowest BCUT2D eigenvalue weighted by atomic mass is 9.90. The SMILES string of the molecule is CNc1nc(C)c2c(n1)C[C@H](c1ccc(F)cc1-c1csc(O)n1)NC2=O. The van der Waals surface area contributed by atoms with Crippen molar-refractivity contribution in [3.63, 3.8) is 0 Å². The third kappa shape index (κ3) is 3.10. The number of halogens is 1. The second-order valence-corrected chi connectivity index (χ2v) is 7.02. The summed E-state index contributed by atoms with van der Waals surface area (Å²) in [6.07, 6.45) is 0.438. The Hall–Kier alpha value is -3.07. The van der Waals surface area contributed by atoms with Gasteiger partial charge in [0.25, 0.3) is 11.1 Å². The number of rotatable bonds is 3. The summed E-state index contributed by atoms with van der Waals surface area (Å²) in [7, 11) is 1.72. The smallest absolute Gasteiger partial charge is 0.271 e. The summed E-state index contributed by atoms with van der Waals surface area (Å²) in [6.45, 7) is 1.77. The maximum atomic E-state index is 13.9. The van der Waals surface area contributed by atoms with Gasteiger partial charge in [-0.1, -0.05) is 17.4 Å². The van der Waals surface area contributed by atoms with Gasteiger partial charge in [-0.25, -0.2) is 19.3 Å². The van der Waals surface area contributed by atoms with Crippen molar-refractivity contribution in [2.45, 2.75) is 19.4 Å². The zero-order valence-electron chi connectivity index (χ0n) is 14.6. The van der Waals surface area contributed by atoms with Gasteiger partial charge in [0.2, 0.25) is 5.95 Å². The van der Waals surface area contributed by atoms with Crippen LogP contribution in [0.25, 0.3) is 11.3 Å². The molecule has 3 aromatic rings. The molecule has 0 fully saturated rings. The highest BCUT2D eigenvalue weighted by Crippen LogP contribution is 2.35. The van der Waals surface area contributed by atoms with Gasteiger partial charge < -0.3 is 15.7 Å². The van der Waals surface area contributed by atoms with Gasteiger partial charge in [0.05, 0.1) is 28.7 Å². The van der Waals surface area contributed by atoms with Gasteiger partial charge >= 0.3 is 0 Å². The average Bonchev–Trinajstić information content (AvgIpc) is 3.07. The molecule has 3 N–H and O–H groups in total. The number of hydrogen-bond acceptors (Lipinski definition) is 7. The van der Waals surface area contributed by atoms with E-state index in [0.29, 0.717) is 46.1 Å². The number of carbonyl (C=O) groups excluding carboxylic acids is 1. The van der Waals surface area contributed by atoms with E-state index in [0.717, 1.165) is 11.3 Å². The Kier molecular flexibility index (Phi) is 4.23. The van der Waals surface area contributed by atoms with Crippen LogP contribution in [0.1, 0.15) is 33.4 Å². The molecule has 1 amide bonds. The summed E-state index contributed by atoms with van der Waals surface area (Å²) in [6, 6.07) is 3.93. The minimum Gasteiger partial charge on any atom is -0.486 e. The summed E-state index contributed by atoms with van der Waals surface area (Å²) in [4.78, 5) is 25.4. The molecule has 0 aliphatic carbocycles. The fourth-order valence-electron chi connectivity index (χ4n) is 3.29. The second kappa shape index (κ2) is 6.58. The quantitative estimate of drug-likeness (QED) is 0.641. The summed E-state index contributed by atoms with van der Waals surface area (Å²) in [5, 5.41) is 17.0. The lowest BCUT2D eigenvalue weighted by molar-refractivity contribution is 0.0922. The van der Waals surface area contributed by atoms with Gasteiger partial charge in [-0.2, -0.15) is 0 Å². The van der Waals surface area contributed by atoms with Gasteiger partial charge in [0.15, 0.2) is 0 Å². The standard InChI is InChI=1S/C18H16FN5O2S/c1-8-15-13(23-17(20-2)21-8)6-12(22-16(15)25)10-4-3-9(19)5-11(10)14-7-27-18(26)24-14/h3-5,7,12H,6H2,1-2H3,(H,22,25)(H,24,26)(H,20,21,23)/t12-/m1/s1. The Morgan fingerprint density at radius 1 is 1.33 bits per heavy atom. The van der Waals surface area contributed by atoms with Crippen molar-refractivity contribution >= 4 is 23.2 Å². The van der Waals surface area contributed by atoms with E-state index in [1.807, 2.05) is 0 Å². The van der Waals surface area contributed by atoms with Crippen LogP contribution in [0.3, 0.4) is 0 Å². The molecule has 0 radical (unpaired) electrons. The minimum absolute atomic E-state index is 0.0970. The Bertz CT molecular complexity index is 1050. The number of hydrogen-bond donors (Lipinski definition) is 3. The van der Waals surface area contributed by atoms with Crippen LogP contribution in [-0.2, 0) is 6.42 Å². The molecule has 0 unspecified atom stereocenters. The number of fused-ring (bicyclic) bond motifs is 1. The molecule has 1 aliphatic rings. The van der Waals surface area contributed by atoms with Crippen molar-refractivity contribution in [1.29, 1.82) is 0 Å². The molecule has 0 saturated carbocycles.